The first kappa shape index (κ1) is 24.6. The predicted molar refractivity (Wildman–Crippen MR) is 106 cm³/mol. The molecular weight excluding hydrogens is 393 g/mol. The Kier molecular flexibility index (Phi) is 9.57. The van der Waals surface area contributed by atoms with Crippen LogP contribution in [0.4, 0.5) is 13.2 Å². The van der Waals surface area contributed by atoms with Gasteiger partial charge in [-0.15, -0.1) is 12.4 Å². The number of halogens is 4. The summed E-state index contributed by atoms with van der Waals surface area (Å²) < 4.78 is 42.1. The van der Waals surface area contributed by atoms with Gasteiger partial charge in [-0.3, -0.25) is 4.79 Å². The van der Waals surface area contributed by atoms with Crippen LogP contribution < -0.4 is 10.1 Å². The van der Waals surface area contributed by atoms with Crippen LogP contribution >= 0.6 is 12.4 Å². The number of carbonyl (C=O) groups is 1. The Bertz CT molecular complexity index is 624. The summed E-state index contributed by atoms with van der Waals surface area (Å²) >= 11 is 0. The fourth-order valence-electron chi connectivity index (χ4n) is 3.56. The number of rotatable bonds is 7. The molecule has 0 aliphatic carbocycles. The van der Waals surface area contributed by atoms with Crippen LogP contribution in [0.2, 0.25) is 0 Å². The molecule has 28 heavy (non-hydrogen) atoms. The van der Waals surface area contributed by atoms with E-state index in [1.165, 1.54) is 0 Å². The number of hydrogen-bond acceptors (Lipinski definition) is 3. The first-order valence-corrected chi connectivity index (χ1v) is 9.40. The smallest absolute Gasteiger partial charge is 0.422 e. The second-order valence-electron chi connectivity index (χ2n) is 7.44. The van der Waals surface area contributed by atoms with E-state index in [2.05, 4.69) is 5.32 Å². The molecule has 0 radical (unpaired) electrons. The van der Waals surface area contributed by atoms with Gasteiger partial charge < -0.3 is 15.0 Å². The highest BCUT2D eigenvalue weighted by atomic mass is 35.5. The van der Waals surface area contributed by atoms with Crippen LogP contribution in [-0.4, -0.2) is 43.7 Å². The van der Waals surface area contributed by atoms with Crippen LogP contribution in [0.15, 0.2) is 12.1 Å². The van der Waals surface area contributed by atoms with Crippen LogP contribution in [0.25, 0.3) is 0 Å². The van der Waals surface area contributed by atoms with E-state index < -0.39 is 12.8 Å². The maximum Gasteiger partial charge on any atom is 0.422 e. The van der Waals surface area contributed by atoms with Crippen LogP contribution in [0, 0.1) is 19.8 Å². The zero-order valence-electron chi connectivity index (χ0n) is 16.7. The van der Waals surface area contributed by atoms with Gasteiger partial charge in [-0.05, 0) is 68.8 Å². The molecule has 1 aliphatic rings. The van der Waals surface area contributed by atoms with Crippen LogP contribution in [0.1, 0.15) is 42.4 Å². The molecular formula is C20H30ClF3N2O2. The minimum Gasteiger partial charge on any atom is -0.484 e. The number of hydrogen-bond donors (Lipinski definition) is 1. The summed E-state index contributed by atoms with van der Waals surface area (Å²) in [6.45, 7) is 4.63. The van der Waals surface area contributed by atoms with Gasteiger partial charge in [-0.25, -0.2) is 0 Å². The third kappa shape index (κ3) is 7.87. The summed E-state index contributed by atoms with van der Waals surface area (Å²) in [5, 5.41) is 3.32. The number of nitrogens with zero attached hydrogens (tertiary/aromatic N) is 1. The minimum atomic E-state index is -4.36. The van der Waals surface area contributed by atoms with E-state index in [1.54, 1.807) is 37.9 Å². The number of ether oxygens (including phenoxy) is 1. The van der Waals surface area contributed by atoms with Crippen molar-refractivity contribution in [3.63, 3.8) is 0 Å². The van der Waals surface area contributed by atoms with Gasteiger partial charge in [0.1, 0.15) is 5.75 Å². The molecule has 1 heterocycles. The van der Waals surface area contributed by atoms with Gasteiger partial charge in [0.25, 0.3) is 0 Å². The molecule has 1 aromatic carbocycles. The molecule has 1 aromatic rings. The van der Waals surface area contributed by atoms with E-state index in [9.17, 15) is 18.0 Å². The van der Waals surface area contributed by atoms with Crippen molar-refractivity contribution < 1.29 is 22.7 Å². The lowest BCUT2D eigenvalue weighted by Crippen LogP contribution is -2.30. The van der Waals surface area contributed by atoms with Crippen molar-refractivity contribution in [1.82, 2.24) is 10.2 Å². The molecule has 8 heteroatoms. The van der Waals surface area contributed by atoms with E-state index in [0.29, 0.717) is 30.0 Å². The van der Waals surface area contributed by atoms with Crippen LogP contribution in [0.5, 0.6) is 5.75 Å². The van der Waals surface area contributed by atoms with Gasteiger partial charge in [-0.2, -0.15) is 13.2 Å². The van der Waals surface area contributed by atoms with E-state index in [0.717, 1.165) is 37.9 Å². The molecule has 1 saturated heterocycles. The summed E-state index contributed by atoms with van der Waals surface area (Å²) in [7, 11) is 1.77. The average Bonchev–Trinajstić information content (AvgIpc) is 2.58. The summed E-state index contributed by atoms with van der Waals surface area (Å²) in [6.07, 6.45) is -0.679. The number of benzene rings is 1. The normalized spacial score (nSPS) is 15.1. The molecule has 1 fully saturated rings. The second-order valence-corrected chi connectivity index (χ2v) is 7.44. The summed E-state index contributed by atoms with van der Waals surface area (Å²) in [5.41, 5.74) is 2.18. The molecule has 2 rings (SSSR count). The Hall–Kier alpha value is -1.47. The molecule has 0 spiro atoms. The summed E-state index contributed by atoms with van der Waals surface area (Å²) in [4.78, 5) is 14.1. The molecule has 0 aromatic heterocycles. The maximum atomic E-state index is 12.4. The van der Waals surface area contributed by atoms with Crippen molar-refractivity contribution in [2.75, 3.05) is 26.7 Å². The van der Waals surface area contributed by atoms with Gasteiger partial charge >= 0.3 is 6.18 Å². The lowest BCUT2D eigenvalue weighted by atomic mass is 9.93. The van der Waals surface area contributed by atoms with Gasteiger partial charge in [0.05, 0.1) is 0 Å². The molecule has 0 bridgehead atoms. The van der Waals surface area contributed by atoms with E-state index in [4.69, 9.17) is 4.74 Å². The highest BCUT2D eigenvalue weighted by Gasteiger charge is 2.29. The SMILES string of the molecule is Cc1cc(CN(C)C(=O)CCC2CCNCC2)cc(C)c1OCC(F)(F)F.Cl. The molecule has 0 atom stereocenters. The topological polar surface area (TPSA) is 41.6 Å². The minimum absolute atomic E-state index is 0. The number of piperidine rings is 1. The molecule has 1 aliphatic heterocycles. The standard InChI is InChI=1S/C20H29F3N2O2.ClH/c1-14-10-17(11-15(2)19(14)27-13-20(21,22)23)12-25(3)18(26)5-4-16-6-8-24-9-7-16;/h10-11,16,24H,4-9,12-13H2,1-3H3;1H. The number of carbonyl (C=O) groups excluding carboxylic acids is 1. The highest BCUT2D eigenvalue weighted by molar-refractivity contribution is 5.85. The number of alkyl halides is 3. The lowest BCUT2D eigenvalue weighted by Gasteiger charge is -2.24. The monoisotopic (exact) mass is 422 g/mol. The highest BCUT2D eigenvalue weighted by Crippen LogP contribution is 2.28. The zero-order valence-corrected chi connectivity index (χ0v) is 17.5. The predicted octanol–water partition coefficient (Wildman–Crippen LogP) is 4.40. The third-order valence-corrected chi connectivity index (χ3v) is 4.97. The molecule has 1 amide bonds. The number of amides is 1. The van der Waals surface area contributed by atoms with Crippen molar-refractivity contribution >= 4 is 18.3 Å². The zero-order chi connectivity index (χ0) is 20.0. The van der Waals surface area contributed by atoms with Gasteiger partial charge in [-0.1, -0.05) is 12.1 Å². The third-order valence-electron chi connectivity index (χ3n) is 4.97. The van der Waals surface area contributed by atoms with E-state index in [1.807, 2.05) is 0 Å². The van der Waals surface area contributed by atoms with Crippen molar-refractivity contribution in [2.24, 2.45) is 5.92 Å². The molecule has 160 valence electrons. The Morgan fingerprint density at radius 1 is 1.21 bits per heavy atom. The average molecular weight is 423 g/mol. The fraction of sp³-hybridized carbons (Fsp3) is 0.650. The van der Waals surface area contributed by atoms with Crippen molar-refractivity contribution in [3.05, 3.63) is 28.8 Å². The Balaban J connectivity index is 0.00000392. The second kappa shape index (κ2) is 10.9. The molecule has 4 nitrogen and oxygen atoms in total. The lowest BCUT2D eigenvalue weighted by molar-refractivity contribution is -0.153. The summed E-state index contributed by atoms with van der Waals surface area (Å²) in [6, 6.07) is 3.57. The van der Waals surface area contributed by atoms with Gasteiger partial charge in [0.2, 0.25) is 5.91 Å². The first-order valence-electron chi connectivity index (χ1n) is 9.40. The first-order chi connectivity index (χ1) is 12.7. The maximum absolute atomic E-state index is 12.4. The van der Waals surface area contributed by atoms with Crippen LogP contribution in [0.3, 0.4) is 0 Å². The summed E-state index contributed by atoms with van der Waals surface area (Å²) in [5.74, 6) is 0.968. The van der Waals surface area contributed by atoms with E-state index >= 15 is 0 Å². The molecule has 1 N–H and O–H groups in total. The molecule has 0 saturated carbocycles. The Labute approximate surface area is 171 Å². The Morgan fingerprint density at radius 2 is 1.79 bits per heavy atom. The van der Waals surface area contributed by atoms with Gasteiger partial charge in [0, 0.05) is 20.0 Å². The quantitative estimate of drug-likeness (QED) is 0.707. The van der Waals surface area contributed by atoms with Crippen molar-refractivity contribution in [2.45, 2.75) is 52.3 Å². The van der Waals surface area contributed by atoms with E-state index in [-0.39, 0.29) is 24.1 Å². The largest absolute Gasteiger partial charge is 0.484 e. The Morgan fingerprint density at radius 3 is 2.32 bits per heavy atom. The van der Waals surface area contributed by atoms with Crippen LogP contribution in [-0.2, 0) is 11.3 Å². The van der Waals surface area contributed by atoms with Crippen molar-refractivity contribution in [1.29, 1.82) is 0 Å². The number of nitrogens with one attached hydrogen (secondary N) is 1. The fourth-order valence-corrected chi connectivity index (χ4v) is 3.56. The molecule has 0 unspecified atom stereocenters. The van der Waals surface area contributed by atoms with Gasteiger partial charge in [0.15, 0.2) is 6.61 Å². The number of aryl methyl sites for hydroxylation is 2. The van der Waals surface area contributed by atoms with Crippen molar-refractivity contribution in [3.8, 4) is 5.75 Å².